The lowest BCUT2D eigenvalue weighted by Gasteiger charge is -2.08. The highest BCUT2D eigenvalue weighted by Gasteiger charge is 2.23. The number of methoxy groups -OCH3 is 1. The third-order valence-corrected chi connectivity index (χ3v) is 6.37. The van der Waals surface area contributed by atoms with E-state index < -0.39 is 5.97 Å². The van der Waals surface area contributed by atoms with E-state index in [1.165, 1.54) is 36.7 Å². The Kier molecular flexibility index (Phi) is 5.69. The predicted molar refractivity (Wildman–Crippen MR) is 129 cm³/mol. The van der Waals surface area contributed by atoms with Crippen molar-refractivity contribution in [3.8, 4) is 11.5 Å². The zero-order valence-corrected chi connectivity index (χ0v) is 18.7. The molecule has 0 radical (unpaired) electrons. The SMILES string of the molecule is COC(=O)/C=C/c1ccc(Oc2c(C(=O)c3ccc4occc4c3)sc3cc(F)ccc23)cc1. The van der Waals surface area contributed by atoms with Crippen LogP contribution in [0.1, 0.15) is 20.8 Å². The van der Waals surface area contributed by atoms with Crippen molar-refractivity contribution in [1.82, 2.24) is 0 Å². The standard InChI is InChI=1S/C27H17FO5S/c1-31-24(29)11-4-16-2-7-20(8-3-16)33-26-21-9-6-19(28)15-23(21)34-27(26)25(30)18-5-10-22-17(14-18)12-13-32-22/h2-15H,1H3/b11-4+. The van der Waals surface area contributed by atoms with Gasteiger partial charge in [-0.05, 0) is 66.2 Å². The summed E-state index contributed by atoms with van der Waals surface area (Å²) in [5, 5.41) is 1.46. The van der Waals surface area contributed by atoms with E-state index in [-0.39, 0.29) is 11.6 Å². The fourth-order valence-electron chi connectivity index (χ4n) is 3.53. The maximum atomic E-state index is 13.9. The molecular formula is C27H17FO5S. The van der Waals surface area contributed by atoms with Crippen LogP contribution < -0.4 is 4.74 Å². The highest BCUT2D eigenvalue weighted by Crippen LogP contribution is 2.42. The molecule has 0 saturated carbocycles. The van der Waals surface area contributed by atoms with Crippen molar-refractivity contribution in [2.75, 3.05) is 7.11 Å². The maximum absolute atomic E-state index is 13.9. The Balaban J connectivity index is 1.52. The Labute approximate surface area is 197 Å². The number of fused-ring (bicyclic) bond motifs is 2. The average molecular weight is 472 g/mol. The summed E-state index contributed by atoms with van der Waals surface area (Å²) in [6.45, 7) is 0. The van der Waals surface area contributed by atoms with Gasteiger partial charge in [0.1, 0.15) is 22.0 Å². The van der Waals surface area contributed by atoms with E-state index in [1.807, 2.05) is 0 Å². The molecule has 0 N–H and O–H groups in total. The number of thiophene rings is 1. The molecule has 3 aromatic carbocycles. The van der Waals surface area contributed by atoms with E-state index >= 15 is 0 Å². The molecule has 0 aliphatic heterocycles. The molecule has 34 heavy (non-hydrogen) atoms. The van der Waals surface area contributed by atoms with Crippen molar-refractivity contribution < 1.29 is 27.9 Å². The van der Waals surface area contributed by atoms with Gasteiger partial charge in [0, 0.05) is 27.1 Å². The molecule has 7 heteroatoms. The summed E-state index contributed by atoms with van der Waals surface area (Å²) in [5.74, 6) is -0.194. The van der Waals surface area contributed by atoms with Gasteiger partial charge in [-0.25, -0.2) is 9.18 Å². The largest absolute Gasteiger partial charge is 0.466 e. The second-order valence-corrected chi connectivity index (χ2v) is 8.48. The number of hydrogen-bond donors (Lipinski definition) is 0. The fourth-order valence-corrected chi connectivity index (χ4v) is 4.65. The van der Waals surface area contributed by atoms with Gasteiger partial charge in [0.05, 0.1) is 13.4 Å². The Morgan fingerprint density at radius 2 is 1.82 bits per heavy atom. The molecule has 0 spiro atoms. The number of ketones is 1. The molecule has 0 aliphatic carbocycles. The summed E-state index contributed by atoms with van der Waals surface area (Å²) < 4.78 is 30.6. The molecule has 0 bridgehead atoms. The number of ether oxygens (including phenoxy) is 2. The van der Waals surface area contributed by atoms with Gasteiger partial charge in [-0.15, -0.1) is 11.3 Å². The molecule has 0 atom stereocenters. The molecule has 0 aliphatic rings. The van der Waals surface area contributed by atoms with Gasteiger partial charge in [0.15, 0.2) is 5.75 Å². The first-order chi connectivity index (χ1) is 16.5. The minimum Gasteiger partial charge on any atom is -0.466 e. The van der Waals surface area contributed by atoms with Crippen molar-refractivity contribution in [1.29, 1.82) is 0 Å². The Hall–Kier alpha value is -4.23. The van der Waals surface area contributed by atoms with Crippen LogP contribution in [-0.4, -0.2) is 18.9 Å². The molecule has 0 unspecified atom stereocenters. The Morgan fingerprint density at radius 1 is 1.00 bits per heavy atom. The van der Waals surface area contributed by atoms with E-state index in [1.54, 1.807) is 66.9 Å². The van der Waals surface area contributed by atoms with Crippen LogP contribution in [0.5, 0.6) is 11.5 Å². The normalized spacial score (nSPS) is 11.4. The average Bonchev–Trinajstić information content (AvgIpc) is 3.46. The van der Waals surface area contributed by atoms with Crippen molar-refractivity contribution in [3.05, 3.63) is 101 Å². The smallest absolute Gasteiger partial charge is 0.330 e. The minimum atomic E-state index is -0.450. The number of carbonyl (C=O) groups is 2. The molecule has 2 heterocycles. The summed E-state index contributed by atoms with van der Waals surface area (Å²) in [5.41, 5.74) is 1.95. The van der Waals surface area contributed by atoms with Crippen LogP contribution in [0.15, 0.2) is 83.5 Å². The summed E-state index contributed by atoms with van der Waals surface area (Å²) in [4.78, 5) is 25.1. The van der Waals surface area contributed by atoms with Crippen molar-refractivity contribution >= 4 is 50.2 Å². The lowest BCUT2D eigenvalue weighted by atomic mass is 10.1. The quantitative estimate of drug-likeness (QED) is 0.151. The lowest BCUT2D eigenvalue weighted by molar-refractivity contribution is -0.134. The van der Waals surface area contributed by atoms with E-state index in [0.717, 1.165) is 10.9 Å². The van der Waals surface area contributed by atoms with Crippen LogP contribution >= 0.6 is 11.3 Å². The van der Waals surface area contributed by atoms with Gasteiger partial charge in [-0.3, -0.25) is 4.79 Å². The van der Waals surface area contributed by atoms with Crippen LogP contribution in [0, 0.1) is 5.82 Å². The zero-order chi connectivity index (χ0) is 23.7. The fraction of sp³-hybridized carbons (Fsp3) is 0.0370. The monoisotopic (exact) mass is 472 g/mol. The Bertz CT molecular complexity index is 1560. The van der Waals surface area contributed by atoms with Crippen molar-refractivity contribution in [2.24, 2.45) is 0 Å². The Morgan fingerprint density at radius 3 is 2.62 bits per heavy atom. The zero-order valence-electron chi connectivity index (χ0n) is 17.9. The summed E-state index contributed by atoms with van der Waals surface area (Å²) >= 11 is 1.18. The van der Waals surface area contributed by atoms with Gasteiger partial charge in [-0.2, -0.15) is 0 Å². The number of esters is 1. The number of furan rings is 1. The molecule has 2 aromatic heterocycles. The first-order valence-corrected chi connectivity index (χ1v) is 11.1. The molecule has 0 fully saturated rings. The second-order valence-electron chi connectivity index (χ2n) is 7.43. The van der Waals surface area contributed by atoms with Gasteiger partial charge in [0.2, 0.25) is 5.78 Å². The summed E-state index contributed by atoms with van der Waals surface area (Å²) in [6.07, 6.45) is 4.52. The van der Waals surface area contributed by atoms with Crippen LogP contribution in [0.4, 0.5) is 4.39 Å². The van der Waals surface area contributed by atoms with Crippen molar-refractivity contribution in [2.45, 2.75) is 0 Å². The minimum absolute atomic E-state index is 0.225. The van der Waals surface area contributed by atoms with Crippen LogP contribution in [0.2, 0.25) is 0 Å². The number of hydrogen-bond acceptors (Lipinski definition) is 6. The topological polar surface area (TPSA) is 65.7 Å². The van der Waals surface area contributed by atoms with Crippen molar-refractivity contribution in [3.63, 3.8) is 0 Å². The summed E-state index contributed by atoms with van der Waals surface area (Å²) in [6, 6.07) is 18.4. The number of halogens is 1. The molecule has 0 saturated heterocycles. The van der Waals surface area contributed by atoms with Gasteiger partial charge < -0.3 is 13.9 Å². The van der Waals surface area contributed by atoms with E-state index in [0.29, 0.717) is 37.6 Å². The second kappa shape index (κ2) is 8.96. The molecule has 5 rings (SSSR count). The van der Waals surface area contributed by atoms with Crippen LogP contribution in [-0.2, 0) is 9.53 Å². The first kappa shape index (κ1) is 21.6. The third-order valence-electron chi connectivity index (χ3n) is 5.24. The predicted octanol–water partition coefficient (Wildman–Crippen LogP) is 7.00. The van der Waals surface area contributed by atoms with E-state index in [4.69, 9.17) is 9.15 Å². The maximum Gasteiger partial charge on any atom is 0.330 e. The highest BCUT2D eigenvalue weighted by molar-refractivity contribution is 7.21. The van der Waals surface area contributed by atoms with Crippen LogP contribution in [0.3, 0.4) is 0 Å². The van der Waals surface area contributed by atoms with Gasteiger partial charge in [0.25, 0.3) is 0 Å². The van der Waals surface area contributed by atoms with E-state index in [9.17, 15) is 14.0 Å². The highest BCUT2D eigenvalue weighted by atomic mass is 32.1. The van der Waals surface area contributed by atoms with Gasteiger partial charge in [-0.1, -0.05) is 12.1 Å². The lowest BCUT2D eigenvalue weighted by Crippen LogP contribution is -2.00. The van der Waals surface area contributed by atoms with Crippen LogP contribution in [0.25, 0.3) is 27.1 Å². The third kappa shape index (κ3) is 4.21. The molecule has 168 valence electrons. The summed E-state index contributed by atoms with van der Waals surface area (Å²) in [7, 11) is 1.31. The number of rotatable bonds is 6. The number of carbonyl (C=O) groups excluding carboxylic acids is 2. The first-order valence-electron chi connectivity index (χ1n) is 10.3. The molecule has 0 amide bonds. The number of benzene rings is 3. The molecule has 5 nitrogen and oxygen atoms in total. The molecular weight excluding hydrogens is 455 g/mol. The van der Waals surface area contributed by atoms with Gasteiger partial charge >= 0.3 is 5.97 Å². The molecule has 5 aromatic rings. The van der Waals surface area contributed by atoms with E-state index in [2.05, 4.69) is 4.74 Å².